The van der Waals surface area contributed by atoms with E-state index in [2.05, 4.69) is 22.0 Å². The molecule has 3 aromatic rings. The Morgan fingerprint density at radius 2 is 1.79 bits per heavy atom. The van der Waals surface area contributed by atoms with Crippen molar-refractivity contribution in [2.45, 2.75) is 19.6 Å². The van der Waals surface area contributed by atoms with Crippen molar-refractivity contribution in [1.29, 1.82) is 0 Å². The molecule has 5 rings (SSSR count). The summed E-state index contributed by atoms with van der Waals surface area (Å²) in [6, 6.07) is 12.0. The minimum Gasteiger partial charge on any atom is -0.456 e. The molecule has 1 amide bonds. The van der Waals surface area contributed by atoms with Crippen LogP contribution >= 0.6 is 0 Å². The largest absolute Gasteiger partial charge is 0.456 e. The van der Waals surface area contributed by atoms with Crippen molar-refractivity contribution < 1.29 is 14.3 Å². The topological polar surface area (TPSA) is 71.7 Å². The van der Waals surface area contributed by atoms with E-state index in [1.807, 2.05) is 58.3 Å². The molecule has 2 aliphatic rings. The molecule has 0 unspecified atom stereocenters. The van der Waals surface area contributed by atoms with Crippen LogP contribution in [0.1, 0.15) is 18.2 Å². The van der Waals surface area contributed by atoms with E-state index in [1.165, 1.54) is 5.57 Å². The number of pyridine rings is 1. The highest BCUT2D eigenvalue weighted by Crippen LogP contribution is 2.25. The highest BCUT2D eigenvalue weighted by molar-refractivity contribution is 5.89. The third-order valence-corrected chi connectivity index (χ3v) is 6.35. The molecule has 8 heteroatoms. The summed E-state index contributed by atoms with van der Waals surface area (Å²) in [5.41, 5.74) is 4.27. The van der Waals surface area contributed by atoms with Crippen molar-refractivity contribution in [3.05, 3.63) is 66.1 Å². The van der Waals surface area contributed by atoms with E-state index in [0.717, 1.165) is 54.6 Å². The van der Waals surface area contributed by atoms with Crippen molar-refractivity contribution in [3.63, 3.8) is 0 Å². The maximum Gasteiger partial charge on any atom is 0.251 e. The summed E-state index contributed by atoms with van der Waals surface area (Å²) in [6.45, 7) is 6.35. The van der Waals surface area contributed by atoms with Gasteiger partial charge in [-0.2, -0.15) is 0 Å². The number of benzene rings is 1. The van der Waals surface area contributed by atoms with Crippen LogP contribution in [0.2, 0.25) is 0 Å². The molecule has 0 bridgehead atoms. The van der Waals surface area contributed by atoms with Gasteiger partial charge in [-0.1, -0.05) is 12.1 Å². The van der Waals surface area contributed by atoms with Gasteiger partial charge in [0.2, 0.25) is 0 Å². The van der Waals surface area contributed by atoms with Crippen LogP contribution in [0.3, 0.4) is 0 Å². The molecule has 176 valence electrons. The number of fused-ring (bicyclic) bond motifs is 1. The third-order valence-electron chi connectivity index (χ3n) is 6.35. The average Bonchev–Trinajstić information content (AvgIpc) is 3.54. The first-order valence-electron chi connectivity index (χ1n) is 11.6. The van der Waals surface area contributed by atoms with Crippen LogP contribution in [0.4, 0.5) is 0 Å². The van der Waals surface area contributed by atoms with E-state index >= 15 is 0 Å². The monoisotopic (exact) mass is 459 g/mol. The Hall–Kier alpha value is -3.49. The number of aromatic nitrogens is 2. The SMILES string of the molecule is CO[C@H](C)C(=O)N1CCN(Cc2cn3cc(Oc4ccc(C5=CC=NC5)cc4)ccc3n2)CC1. The number of hydrogen-bond acceptors (Lipinski definition) is 6. The number of methoxy groups -OCH3 is 1. The van der Waals surface area contributed by atoms with Gasteiger partial charge in [0.05, 0.1) is 18.4 Å². The molecule has 0 saturated carbocycles. The van der Waals surface area contributed by atoms with Gasteiger partial charge in [-0.15, -0.1) is 0 Å². The molecule has 1 fully saturated rings. The van der Waals surface area contributed by atoms with Gasteiger partial charge in [0.25, 0.3) is 5.91 Å². The lowest BCUT2D eigenvalue weighted by molar-refractivity contribution is -0.142. The van der Waals surface area contributed by atoms with Crippen LogP contribution in [-0.4, -0.2) is 77.2 Å². The Balaban J connectivity index is 1.19. The quantitative estimate of drug-likeness (QED) is 0.542. The van der Waals surface area contributed by atoms with Gasteiger partial charge >= 0.3 is 0 Å². The summed E-state index contributed by atoms with van der Waals surface area (Å²) in [5.74, 6) is 1.60. The predicted molar refractivity (Wildman–Crippen MR) is 131 cm³/mol. The Bertz CT molecular complexity index is 1220. The molecule has 0 spiro atoms. The first-order valence-corrected chi connectivity index (χ1v) is 11.6. The molecule has 2 aliphatic heterocycles. The van der Waals surface area contributed by atoms with Gasteiger partial charge in [-0.05, 0) is 48.4 Å². The maximum atomic E-state index is 12.3. The molecule has 0 radical (unpaired) electrons. The van der Waals surface area contributed by atoms with E-state index in [4.69, 9.17) is 14.5 Å². The summed E-state index contributed by atoms with van der Waals surface area (Å²) >= 11 is 0. The number of nitrogens with zero attached hydrogens (tertiary/aromatic N) is 5. The zero-order valence-electron chi connectivity index (χ0n) is 19.6. The Morgan fingerprint density at radius 3 is 2.50 bits per heavy atom. The van der Waals surface area contributed by atoms with Crippen LogP contribution in [0.5, 0.6) is 11.5 Å². The van der Waals surface area contributed by atoms with E-state index in [9.17, 15) is 4.79 Å². The summed E-state index contributed by atoms with van der Waals surface area (Å²) < 4.78 is 13.2. The smallest absolute Gasteiger partial charge is 0.251 e. The molecule has 2 aromatic heterocycles. The number of piperazine rings is 1. The minimum atomic E-state index is -0.390. The number of amides is 1. The Morgan fingerprint density at radius 1 is 1.03 bits per heavy atom. The molecule has 0 N–H and O–H groups in total. The van der Waals surface area contributed by atoms with Crippen LogP contribution in [0, 0.1) is 0 Å². The zero-order chi connectivity index (χ0) is 23.5. The molecule has 1 saturated heterocycles. The first kappa shape index (κ1) is 22.3. The number of aliphatic imine (C=N–C) groups is 1. The summed E-state index contributed by atoms with van der Waals surface area (Å²) in [5, 5.41) is 0. The Labute approximate surface area is 199 Å². The minimum absolute atomic E-state index is 0.0571. The molecule has 8 nitrogen and oxygen atoms in total. The molecule has 1 aromatic carbocycles. The van der Waals surface area contributed by atoms with Crippen molar-refractivity contribution >= 4 is 23.3 Å². The van der Waals surface area contributed by atoms with Gasteiger partial charge < -0.3 is 18.8 Å². The maximum absolute atomic E-state index is 12.3. The average molecular weight is 460 g/mol. The second kappa shape index (κ2) is 9.79. The molecular weight excluding hydrogens is 430 g/mol. The van der Waals surface area contributed by atoms with Crippen LogP contribution in [-0.2, 0) is 16.1 Å². The Kier molecular flexibility index (Phi) is 6.42. The van der Waals surface area contributed by atoms with Crippen molar-refractivity contribution in [2.75, 3.05) is 39.8 Å². The van der Waals surface area contributed by atoms with Crippen molar-refractivity contribution in [2.24, 2.45) is 4.99 Å². The highest BCUT2D eigenvalue weighted by atomic mass is 16.5. The number of carbonyl (C=O) groups is 1. The third kappa shape index (κ3) is 4.88. The molecule has 34 heavy (non-hydrogen) atoms. The second-order valence-electron chi connectivity index (χ2n) is 8.65. The van der Waals surface area contributed by atoms with Crippen LogP contribution < -0.4 is 4.74 Å². The van der Waals surface area contributed by atoms with Gasteiger partial charge in [0, 0.05) is 52.2 Å². The molecule has 4 heterocycles. The number of imidazole rings is 1. The summed E-state index contributed by atoms with van der Waals surface area (Å²) in [4.78, 5) is 25.5. The number of hydrogen-bond donors (Lipinski definition) is 0. The summed E-state index contributed by atoms with van der Waals surface area (Å²) in [6.07, 6.45) is 7.50. The number of allylic oxidation sites excluding steroid dienone is 1. The van der Waals surface area contributed by atoms with Crippen LogP contribution in [0.15, 0.2) is 59.9 Å². The number of carbonyl (C=O) groups excluding carboxylic acids is 1. The van der Waals surface area contributed by atoms with Gasteiger partial charge in [-0.25, -0.2) is 4.98 Å². The lowest BCUT2D eigenvalue weighted by atomic mass is 10.1. The normalized spacial score (nSPS) is 17.2. The van der Waals surface area contributed by atoms with Crippen LogP contribution in [0.25, 0.3) is 11.2 Å². The lowest BCUT2D eigenvalue weighted by Crippen LogP contribution is -2.50. The standard InChI is InChI=1S/C26H29N5O3/c1-19(33-2)26(32)30-13-11-29(12-14-30)16-22-17-31-18-24(7-8-25(31)28-22)34-23-5-3-20(4-6-23)21-9-10-27-15-21/h3-10,17-19H,11-16H2,1-2H3/t19-/m1/s1. The molecular formula is C26H29N5O3. The zero-order valence-corrected chi connectivity index (χ0v) is 19.6. The fourth-order valence-electron chi connectivity index (χ4n) is 4.28. The predicted octanol–water partition coefficient (Wildman–Crippen LogP) is 3.27. The van der Waals surface area contributed by atoms with Gasteiger partial charge in [0.15, 0.2) is 0 Å². The molecule has 1 atom stereocenters. The number of rotatable bonds is 7. The van der Waals surface area contributed by atoms with E-state index in [-0.39, 0.29) is 5.91 Å². The highest BCUT2D eigenvalue weighted by Gasteiger charge is 2.25. The van der Waals surface area contributed by atoms with E-state index in [0.29, 0.717) is 13.1 Å². The lowest BCUT2D eigenvalue weighted by Gasteiger charge is -2.35. The second-order valence-corrected chi connectivity index (χ2v) is 8.65. The summed E-state index contributed by atoms with van der Waals surface area (Å²) in [7, 11) is 1.57. The molecule has 0 aliphatic carbocycles. The van der Waals surface area contributed by atoms with Gasteiger partial charge in [0.1, 0.15) is 23.3 Å². The fourth-order valence-corrected chi connectivity index (χ4v) is 4.28. The van der Waals surface area contributed by atoms with E-state index in [1.54, 1.807) is 14.0 Å². The van der Waals surface area contributed by atoms with Crippen molar-refractivity contribution in [3.8, 4) is 11.5 Å². The van der Waals surface area contributed by atoms with Gasteiger partial charge in [-0.3, -0.25) is 14.7 Å². The van der Waals surface area contributed by atoms with E-state index < -0.39 is 6.10 Å². The fraction of sp³-hybridized carbons (Fsp3) is 0.346. The number of ether oxygens (including phenoxy) is 2. The van der Waals surface area contributed by atoms with Crippen molar-refractivity contribution in [1.82, 2.24) is 19.2 Å². The first-order chi connectivity index (χ1) is 16.6.